The maximum absolute atomic E-state index is 12.2. The van der Waals surface area contributed by atoms with E-state index in [-0.39, 0.29) is 24.2 Å². The van der Waals surface area contributed by atoms with Crippen LogP contribution < -0.4 is 5.32 Å². The Labute approximate surface area is 127 Å². The number of benzene rings is 1. The zero-order valence-electron chi connectivity index (χ0n) is 13.5. The number of nitrogens with one attached hydrogen (secondary N) is 1. The highest BCUT2D eigenvalue weighted by molar-refractivity contribution is 5.94. The molecule has 0 radical (unpaired) electrons. The molecule has 0 fully saturated rings. The second-order valence-electron chi connectivity index (χ2n) is 5.90. The summed E-state index contributed by atoms with van der Waals surface area (Å²) in [6, 6.07) is 7.44. The van der Waals surface area contributed by atoms with Gasteiger partial charge in [-0.3, -0.25) is 4.79 Å². The summed E-state index contributed by atoms with van der Waals surface area (Å²) in [7, 11) is 0. The van der Waals surface area contributed by atoms with Crippen LogP contribution in [0.1, 0.15) is 56.5 Å². The highest BCUT2D eigenvalue weighted by Crippen LogP contribution is 2.15. The predicted octanol–water partition coefficient (Wildman–Crippen LogP) is 2.89. The van der Waals surface area contributed by atoms with Crippen LogP contribution >= 0.6 is 0 Å². The number of carbonyl (C=O) groups excluding carboxylic acids is 1. The molecule has 1 rings (SSSR count). The molecule has 1 atom stereocenters. The van der Waals surface area contributed by atoms with E-state index in [2.05, 4.69) is 5.32 Å². The van der Waals surface area contributed by atoms with Gasteiger partial charge in [-0.1, -0.05) is 19.1 Å². The van der Waals surface area contributed by atoms with Crippen molar-refractivity contribution >= 4 is 5.91 Å². The Balaban J connectivity index is 2.66. The van der Waals surface area contributed by atoms with Crippen molar-refractivity contribution in [2.75, 3.05) is 6.61 Å². The number of carbonyl (C=O) groups is 1. The van der Waals surface area contributed by atoms with Crippen LogP contribution in [0.4, 0.5) is 0 Å². The van der Waals surface area contributed by atoms with E-state index in [0.717, 1.165) is 12.0 Å². The summed E-state index contributed by atoms with van der Waals surface area (Å²) in [5.41, 5.74) is 1.31. The predicted molar refractivity (Wildman–Crippen MR) is 84.2 cm³/mol. The number of hydrogen-bond donors (Lipinski definition) is 2. The Hall–Kier alpha value is -1.39. The van der Waals surface area contributed by atoms with Crippen LogP contribution in [0.5, 0.6) is 0 Å². The molecule has 0 saturated heterocycles. The van der Waals surface area contributed by atoms with Gasteiger partial charge in [0.2, 0.25) is 0 Å². The number of aliphatic hydroxyl groups is 1. The molecule has 4 nitrogen and oxygen atoms in total. The Morgan fingerprint density at radius 1 is 1.33 bits per heavy atom. The molecule has 0 aliphatic rings. The lowest BCUT2D eigenvalue weighted by Crippen LogP contribution is -2.46. The van der Waals surface area contributed by atoms with Gasteiger partial charge in [0, 0.05) is 17.7 Å². The van der Waals surface area contributed by atoms with Gasteiger partial charge >= 0.3 is 0 Å². The molecule has 1 amide bonds. The molecule has 0 spiro atoms. The van der Waals surface area contributed by atoms with Crippen LogP contribution in [0.15, 0.2) is 24.3 Å². The summed E-state index contributed by atoms with van der Waals surface area (Å²) in [5.74, 6) is -0.107. The van der Waals surface area contributed by atoms with Gasteiger partial charge in [0.15, 0.2) is 0 Å². The lowest BCUT2D eigenvalue weighted by atomic mass is 9.94. The van der Waals surface area contributed by atoms with E-state index >= 15 is 0 Å². The molecule has 21 heavy (non-hydrogen) atoms. The smallest absolute Gasteiger partial charge is 0.251 e. The van der Waals surface area contributed by atoms with Crippen LogP contribution in [-0.4, -0.2) is 29.3 Å². The maximum Gasteiger partial charge on any atom is 0.251 e. The number of aliphatic hydroxyl groups excluding tert-OH is 1. The largest absolute Gasteiger partial charge is 0.396 e. The normalized spacial score (nSPS) is 14.0. The molecule has 4 heteroatoms. The van der Waals surface area contributed by atoms with Crippen molar-refractivity contribution in [1.82, 2.24) is 5.32 Å². The summed E-state index contributed by atoms with van der Waals surface area (Å²) >= 11 is 0. The molecule has 0 saturated carbocycles. The third kappa shape index (κ3) is 5.86. The molecular formula is C17H27NO3. The third-order valence-electron chi connectivity index (χ3n) is 3.66. The van der Waals surface area contributed by atoms with Gasteiger partial charge in [-0.2, -0.15) is 0 Å². The molecule has 0 aliphatic carbocycles. The Morgan fingerprint density at radius 3 is 2.43 bits per heavy atom. The van der Waals surface area contributed by atoms with Crippen molar-refractivity contribution in [2.24, 2.45) is 0 Å². The Kier molecular flexibility index (Phi) is 6.85. The summed E-state index contributed by atoms with van der Waals surface area (Å²) < 4.78 is 5.53. The summed E-state index contributed by atoms with van der Waals surface area (Å²) in [4.78, 5) is 12.2. The van der Waals surface area contributed by atoms with Crippen LogP contribution in [0, 0.1) is 0 Å². The van der Waals surface area contributed by atoms with E-state index in [9.17, 15) is 4.79 Å². The quantitative estimate of drug-likeness (QED) is 0.775. The van der Waals surface area contributed by atoms with Gasteiger partial charge < -0.3 is 15.2 Å². The van der Waals surface area contributed by atoms with Crippen molar-refractivity contribution in [3.05, 3.63) is 35.4 Å². The van der Waals surface area contributed by atoms with Crippen LogP contribution in [-0.2, 0) is 11.3 Å². The molecule has 0 heterocycles. The van der Waals surface area contributed by atoms with Crippen molar-refractivity contribution in [2.45, 2.75) is 58.8 Å². The van der Waals surface area contributed by atoms with Crippen molar-refractivity contribution < 1.29 is 14.6 Å². The zero-order chi connectivity index (χ0) is 15.9. The second kappa shape index (κ2) is 8.15. The fourth-order valence-corrected chi connectivity index (χ4v) is 1.94. The lowest BCUT2D eigenvalue weighted by molar-refractivity contribution is 0.0656. The van der Waals surface area contributed by atoms with Gasteiger partial charge in [0.05, 0.1) is 12.7 Å². The molecule has 0 aliphatic heterocycles. The molecule has 0 bridgehead atoms. The minimum absolute atomic E-state index is 0.0656. The monoisotopic (exact) mass is 293 g/mol. The number of ether oxygens (including phenoxy) is 1. The zero-order valence-corrected chi connectivity index (χ0v) is 13.5. The fourth-order valence-electron chi connectivity index (χ4n) is 1.94. The SMILES string of the molecule is CCC(C)(CCO)NC(=O)c1ccc(COC(C)C)cc1. The van der Waals surface area contributed by atoms with E-state index in [4.69, 9.17) is 9.84 Å². The first-order valence-corrected chi connectivity index (χ1v) is 7.54. The molecule has 118 valence electrons. The van der Waals surface area contributed by atoms with E-state index in [1.165, 1.54) is 0 Å². The van der Waals surface area contributed by atoms with E-state index < -0.39 is 0 Å². The lowest BCUT2D eigenvalue weighted by Gasteiger charge is -2.29. The number of hydrogen-bond acceptors (Lipinski definition) is 3. The van der Waals surface area contributed by atoms with Gasteiger partial charge in [0.25, 0.3) is 5.91 Å². The first-order chi connectivity index (χ1) is 9.90. The average molecular weight is 293 g/mol. The van der Waals surface area contributed by atoms with Gasteiger partial charge in [-0.25, -0.2) is 0 Å². The molecule has 0 aromatic heterocycles. The first-order valence-electron chi connectivity index (χ1n) is 7.54. The Morgan fingerprint density at radius 2 is 1.95 bits per heavy atom. The molecule has 2 N–H and O–H groups in total. The van der Waals surface area contributed by atoms with Crippen molar-refractivity contribution in [3.8, 4) is 0 Å². The minimum Gasteiger partial charge on any atom is -0.396 e. The highest BCUT2D eigenvalue weighted by atomic mass is 16.5. The number of rotatable bonds is 8. The molecule has 1 aromatic carbocycles. The van der Waals surface area contributed by atoms with E-state index in [0.29, 0.717) is 18.6 Å². The van der Waals surface area contributed by atoms with Crippen molar-refractivity contribution in [3.63, 3.8) is 0 Å². The third-order valence-corrected chi connectivity index (χ3v) is 3.66. The van der Waals surface area contributed by atoms with Gasteiger partial charge in [-0.05, 0) is 51.3 Å². The topological polar surface area (TPSA) is 58.6 Å². The van der Waals surface area contributed by atoms with Crippen LogP contribution in [0.3, 0.4) is 0 Å². The number of amides is 1. The van der Waals surface area contributed by atoms with Gasteiger partial charge in [0.1, 0.15) is 0 Å². The standard InChI is InChI=1S/C17H27NO3/c1-5-17(4,10-11-19)18-16(20)15-8-6-14(7-9-15)12-21-13(2)3/h6-9,13,19H,5,10-12H2,1-4H3,(H,18,20). The summed E-state index contributed by atoms with van der Waals surface area (Å²) in [6.07, 6.45) is 1.52. The first kappa shape index (κ1) is 17.7. The van der Waals surface area contributed by atoms with Crippen molar-refractivity contribution in [1.29, 1.82) is 0 Å². The average Bonchev–Trinajstić information content (AvgIpc) is 2.45. The van der Waals surface area contributed by atoms with E-state index in [1.54, 1.807) is 0 Å². The second-order valence-corrected chi connectivity index (χ2v) is 5.90. The fraction of sp³-hybridized carbons (Fsp3) is 0.588. The Bertz CT molecular complexity index is 442. The molecular weight excluding hydrogens is 266 g/mol. The summed E-state index contributed by atoms with van der Waals surface area (Å²) in [5, 5.41) is 12.1. The van der Waals surface area contributed by atoms with Crippen LogP contribution in [0.2, 0.25) is 0 Å². The minimum atomic E-state index is -0.370. The van der Waals surface area contributed by atoms with Crippen LogP contribution in [0.25, 0.3) is 0 Å². The molecule has 1 aromatic rings. The van der Waals surface area contributed by atoms with E-state index in [1.807, 2.05) is 52.0 Å². The molecule has 1 unspecified atom stereocenters. The maximum atomic E-state index is 12.2. The highest BCUT2D eigenvalue weighted by Gasteiger charge is 2.24. The van der Waals surface area contributed by atoms with Gasteiger partial charge in [-0.15, -0.1) is 0 Å². The summed E-state index contributed by atoms with van der Waals surface area (Å²) in [6.45, 7) is 8.56.